The fraction of sp³-hybridized carbons (Fsp3) is 0.667. The summed E-state index contributed by atoms with van der Waals surface area (Å²) >= 11 is 5.56. The molecule has 0 aliphatic carbocycles. The van der Waals surface area contributed by atoms with E-state index in [2.05, 4.69) is 18.3 Å². The van der Waals surface area contributed by atoms with Gasteiger partial charge in [-0.25, -0.2) is 0 Å². The van der Waals surface area contributed by atoms with Gasteiger partial charge in [-0.05, 0) is 50.3 Å². The van der Waals surface area contributed by atoms with E-state index in [1.807, 2.05) is 19.9 Å². The molecule has 0 aromatic heterocycles. The van der Waals surface area contributed by atoms with Crippen LogP contribution in [0, 0.1) is 13.8 Å². The van der Waals surface area contributed by atoms with Crippen LogP contribution in [0.5, 0.6) is 5.75 Å². The normalized spacial score (nSPS) is 10.7. The van der Waals surface area contributed by atoms with E-state index < -0.39 is 5.97 Å². The molecule has 0 fully saturated rings. The fourth-order valence-electron chi connectivity index (χ4n) is 3.41. The molecule has 0 saturated carbocycles. The SMILES string of the molecule is CCCCCCCCCCCC(=S)Nc1c(C)cc(C)cc1OCCCC(=O)O. The van der Waals surface area contributed by atoms with E-state index in [1.165, 1.54) is 51.4 Å². The molecule has 0 bridgehead atoms. The lowest BCUT2D eigenvalue weighted by molar-refractivity contribution is -0.137. The lowest BCUT2D eigenvalue weighted by Crippen LogP contribution is -2.12. The number of nitrogens with one attached hydrogen (secondary N) is 1. The average Bonchev–Trinajstić information content (AvgIpc) is 2.66. The molecule has 0 aliphatic rings. The van der Waals surface area contributed by atoms with Crippen molar-refractivity contribution in [2.24, 2.45) is 0 Å². The lowest BCUT2D eigenvalue weighted by Gasteiger charge is -2.17. The number of aryl methyl sites for hydroxylation is 2. The highest BCUT2D eigenvalue weighted by molar-refractivity contribution is 7.80. The van der Waals surface area contributed by atoms with Crippen LogP contribution in [-0.4, -0.2) is 22.7 Å². The number of thiocarbonyl (C=S) groups is 1. The number of carboxylic acid groups (broad SMARTS) is 1. The molecule has 1 aromatic rings. The highest BCUT2D eigenvalue weighted by Crippen LogP contribution is 2.30. The van der Waals surface area contributed by atoms with Crippen molar-refractivity contribution in [1.29, 1.82) is 0 Å². The Morgan fingerprint density at radius 1 is 0.966 bits per heavy atom. The molecule has 0 heterocycles. The summed E-state index contributed by atoms with van der Waals surface area (Å²) in [4.78, 5) is 11.5. The Hall–Kier alpha value is -1.62. The minimum atomic E-state index is -0.797. The fourth-order valence-corrected chi connectivity index (χ4v) is 3.65. The summed E-state index contributed by atoms with van der Waals surface area (Å²) in [5.74, 6) is -0.0446. The third kappa shape index (κ3) is 11.8. The molecule has 0 saturated heterocycles. The van der Waals surface area contributed by atoms with Gasteiger partial charge in [-0.3, -0.25) is 4.79 Å². The molecular weight excluding hydrogens is 382 g/mol. The zero-order valence-corrected chi connectivity index (χ0v) is 19.3. The molecule has 0 atom stereocenters. The third-order valence-electron chi connectivity index (χ3n) is 5.01. The van der Waals surface area contributed by atoms with Gasteiger partial charge in [-0.2, -0.15) is 0 Å². The summed E-state index contributed by atoms with van der Waals surface area (Å²) < 4.78 is 5.86. The molecule has 29 heavy (non-hydrogen) atoms. The molecule has 4 nitrogen and oxygen atoms in total. The Morgan fingerprint density at radius 2 is 1.59 bits per heavy atom. The predicted molar refractivity (Wildman–Crippen MR) is 126 cm³/mol. The number of unbranched alkanes of at least 4 members (excludes halogenated alkanes) is 8. The van der Waals surface area contributed by atoms with Crippen LogP contribution in [-0.2, 0) is 4.79 Å². The van der Waals surface area contributed by atoms with Crippen LogP contribution >= 0.6 is 12.2 Å². The minimum Gasteiger partial charge on any atom is -0.491 e. The minimum absolute atomic E-state index is 0.116. The number of carboxylic acids is 1. The number of ether oxygens (including phenoxy) is 1. The second-order valence-corrected chi connectivity index (χ2v) is 8.42. The molecule has 0 amide bonds. The van der Waals surface area contributed by atoms with Crippen LogP contribution in [0.25, 0.3) is 0 Å². The van der Waals surface area contributed by atoms with Crippen molar-refractivity contribution in [3.63, 3.8) is 0 Å². The Labute approximate surface area is 182 Å². The molecule has 0 spiro atoms. The van der Waals surface area contributed by atoms with Crippen molar-refractivity contribution in [2.75, 3.05) is 11.9 Å². The second-order valence-electron chi connectivity index (χ2n) is 7.93. The smallest absolute Gasteiger partial charge is 0.303 e. The van der Waals surface area contributed by atoms with Gasteiger partial charge in [0, 0.05) is 6.42 Å². The Morgan fingerprint density at radius 3 is 2.21 bits per heavy atom. The topological polar surface area (TPSA) is 58.6 Å². The number of benzene rings is 1. The van der Waals surface area contributed by atoms with E-state index in [1.54, 1.807) is 0 Å². The molecular formula is C24H39NO3S. The van der Waals surface area contributed by atoms with Gasteiger partial charge in [0.1, 0.15) is 5.75 Å². The maximum Gasteiger partial charge on any atom is 0.303 e. The van der Waals surface area contributed by atoms with Gasteiger partial charge in [-0.15, -0.1) is 0 Å². The molecule has 0 radical (unpaired) electrons. The largest absolute Gasteiger partial charge is 0.491 e. The number of hydrogen-bond donors (Lipinski definition) is 2. The van der Waals surface area contributed by atoms with Crippen molar-refractivity contribution in [3.8, 4) is 5.75 Å². The number of carbonyl (C=O) groups is 1. The van der Waals surface area contributed by atoms with Crippen molar-refractivity contribution >= 4 is 28.9 Å². The molecule has 0 unspecified atom stereocenters. The molecule has 2 N–H and O–H groups in total. The van der Waals surface area contributed by atoms with Crippen LogP contribution in [0.15, 0.2) is 12.1 Å². The zero-order valence-electron chi connectivity index (χ0n) is 18.5. The summed E-state index contributed by atoms with van der Waals surface area (Å²) in [5.41, 5.74) is 3.12. The van der Waals surface area contributed by atoms with E-state index in [-0.39, 0.29) is 6.42 Å². The standard InChI is InChI=1S/C24H39NO3S/c1-4-5-6-7-8-9-10-11-12-14-22(29)25-24-20(3)17-19(2)18-21(24)28-16-13-15-23(26)27/h17-18H,4-16H2,1-3H3,(H,25,29)(H,26,27). The summed E-state index contributed by atoms with van der Waals surface area (Å²) in [6.45, 7) is 6.71. The van der Waals surface area contributed by atoms with E-state index in [0.29, 0.717) is 13.0 Å². The number of rotatable bonds is 16. The lowest BCUT2D eigenvalue weighted by atomic mass is 10.1. The molecule has 164 valence electrons. The average molecular weight is 422 g/mol. The maximum absolute atomic E-state index is 10.7. The highest BCUT2D eigenvalue weighted by atomic mass is 32.1. The van der Waals surface area contributed by atoms with Crippen LogP contribution in [0.1, 0.15) is 95.1 Å². The number of aliphatic carboxylic acids is 1. The van der Waals surface area contributed by atoms with Gasteiger partial charge in [0.25, 0.3) is 0 Å². The second kappa shape index (κ2) is 15.3. The molecule has 0 aliphatic heterocycles. The van der Waals surface area contributed by atoms with Crippen molar-refractivity contribution in [2.45, 2.75) is 97.8 Å². The van der Waals surface area contributed by atoms with E-state index in [9.17, 15) is 4.79 Å². The van der Waals surface area contributed by atoms with E-state index in [0.717, 1.165) is 40.4 Å². The van der Waals surface area contributed by atoms with E-state index in [4.69, 9.17) is 22.1 Å². The van der Waals surface area contributed by atoms with Crippen molar-refractivity contribution in [1.82, 2.24) is 0 Å². The van der Waals surface area contributed by atoms with Crippen LogP contribution in [0.4, 0.5) is 5.69 Å². The quantitative estimate of drug-likeness (QED) is 0.218. The van der Waals surface area contributed by atoms with Gasteiger partial charge in [0.2, 0.25) is 0 Å². The van der Waals surface area contributed by atoms with Crippen molar-refractivity contribution in [3.05, 3.63) is 23.3 Å². The van der Waals surface area contributed by atoms with Crippen molar-refractivity contribution < 1.29 is 14.6 Å². The third-order valence-corrected chi connectivity index (χ3v) is 5.31. The van der Waals surface area contributed by atoms with Gasteiger partial charge >= 0.3 is 5.97 Å². The summed E-state index contributed by atoms with van der Waals surface area (Å²) in [6.07, 6.45) is 13.2. The van der Waals surface area contributed by atoms with Crippen LogP contribution < -0.4 is 10.1 Å². The van der Waals surface area contributed by atoms with Crippen LogP contribution in [0.3, 0.4) is 0 Å². The summed E-state index contributed by atoms with van der Waals surface area (Å²) in [5, 5.41) is 12.1. The van der Waals surface area contributed by atoms with Crippen LogP contribution in [0.2, 0.25) is 0 Å². The first-order chi connectivity index (χ1) is 13.9. The summed E-state index contributed by atoms with van der Waals surface area (Å²) in [6, 6.07) is 4.09. The van der Waals surface area contributed by atoms with E-state index >= 15 is 0 Å². The molecule has 1 rings (SSSR count). The summed E-state index contributed by atoms with van der Waals surface area (Å²) in [7, 11) is 0. The van der Waals surface area contributed by atoms with Gasteiger partial charge in [0.15, 0.2) is 0 Å². The first-order valence-corrected chi connectivity index (χ1v) is 11.6. The first-order valence-electron chi connectivity index (χ1n) is 11.2. The molecule has 1 aromatic carbocycles. The predicted octanol–water partition coefficient (Wildman–Crippen LogP) is 7.21. The monoisotopic (exact) mass is 421 g/mol. The number of anilines is 1. The van der Waals surface area contributed by atoms with Gasteiger partial charge in [-0.1, -0.05) is 76.6 Å². The zero-order chi connectivity index (χ0) is 21.5. The number of hydrogen-bond acceptors (Lipinski definition) is 3. The molecule has 5 heteroatoms. The Bertz CT molecular complexity index is 631. The Kier molecular flexibility index (Phi) is 13.4. The van der Waals surface area contributed by atoms with Gasteiger partial charge in [0.05, 0.1) is 17.3 Å². The first kappa shape index (κ1) is 25.4. The maximum atomic E-state index is 10.7. The van der Waals surface area contributed by atoms with Gasteiger partial charge < -0.3 is 15.2 Å². The Balaban J connectivity index is 2.38. The highest BCUT2D eigenvalue weighted by Gasteiger charge is 2.11.